The van der Waals surface area contributed by atoms with Gasteiger partial charge in [0.1, 0.15) is 19.1 Å². The van der Waals surface area contributed by atoms with Crippen molar-refractivity contribution < 1.29 is 41.4 Å². The molecule has 4 aromatic rings. The molecule has 1 fully saturated rings. The van der Waals surface area contributed by atoms with Crippen LogP contribution in [-0.2, 0) is 23.4 Å². The van der Waals surface area contributed by atoms with Crippen LogP contribution in [0.1, 0.15) is 56.3 Å². The van der Waals surface area contributed by atoms with E-state index >= 15 is 0 Å². The van der Waals surface area contributed by atoms with Crippen molar-refractivity contribution in [1.29, 1.82) is 0 Å². The zero-order valence-electron chi connectivity index (χ0n) is 30.9. The van der Waals surface area contributed by atoms with Crippen LogP contribution >= 0.6 is 0 Å². The summed E-state index contributed by atoms with van der Waals surface area (Å²) in [5, 5.41) is 6.05. The maximum absolute atomic E-state index is 13.6. The van der Waals surface area contributed by atoms with Gasteiger partial charge in [0.05, 0.1) is 24.8 Å². The van der Waals surface area contributed by atoms with E-state index in [1.165, 1.54) is 10.8 Å². The molecule has 290 valence electrons. The van der Waals surface area contributed by atoms with Crippen LogP contribution in [0.5, 0.6) is 0 Å². The lowest BCUT2D eigenvalue weighted by molar-refractivity contribution is -0.173. The molecular formula is C40H43F3N4O7Si. The number of amides is 2. The molecule has 1 aliphatic rings. The van der Waals surface area contributed by atoms with Gasteiger partial charge in [-0.05, 0) is 34.5 Å². The Morgan fingerprint density at radius 3 is 2.13 bits per heavy atom. The first-order chi connectivity index (χ1) is 26.2. The van der Waals surface area contributed by atoms with Crippen molar-refractivity contribution in [2.24, 2.45) is 0 Å². The van der Waals surface area contributed by atoms with E-state index in [2.05, 4.69) is 67.2 Å². The standard InChI is InChI=1S/C40H43F3N4O7Si/c1-5-51-27-52-32-24-34(54-33(32)26-53-55(39(2,3)4,30-19-11-7-12-20-30)31-21-13-8-14-22-31)47-25-29(18-15-23-44-37(49)40(41,42)43)35(46-38(47)50)45-36(48)28-16-9-6-10-17-28/h6-14,16-17,19-22,25,32-34H,5,23-24,26-27H2,1-4H3,(H,44,49)(H,45,46,48,50)/t32?,33-,34-/m1/s1. The normalized spacial score (nSPS) is 17.3. The summed E-state index contributed by atoms with van der Waals surface area (Å²) in [6.07, 6.45) is -5.82. The van der Waals surface area contributed by atoms with Gasteiger partial charge in [-0.1, -0.05) is 111 Å². The third kappa shape index (κ3) is 9.96. The van der Waals surface area contributed by atoms with Crippen molar-refractivity contribution in [2.75, 3.05) is 31.9 Å². The van der Waals surface area contributed by atoms with E-state index in [4.69, 9.17) is 18.6 Å². The lowest BCUT2D eigenvalue weighted by Crippen LogP contribution is -2.67. The van der Waals surface area contributed by atoms with Gasteiger partial charge in [0.2, 0.25) is 0 Å². The molecule has 3 aromatic carbocycles. The smallest absolute Gasteiger partial charge is 0.405 e. The predicted octanol–water partition coefficient (Wildman–Crippen LogP) is 4.77. The van der Waals surface area contributed by atoms with E-state index in [1.54, 1.807) is 35.6 Å². The van der Waals surface area contributed by atoms with Crippen LogP contribution in [0.3, 0.4) is 0 Å². The molecule has 2 N–H and O–H groups in total. The van der Waals surface area contributed by atoms with Crippen molar-refractivity contribution in [1.82, 2.24) is 14.9 Å². The number of ether oxygens (including phenoxy) is 3. The lowest BCUT2D eigenvalue weighted by Gasteiger charge is -2.43. The summed E-state index contributed by atoms with van der Waals surface area (Å²) in [7, 11) is -3.00. The Bertz CT molecular complexity index is 1990. The highest BCUT2D eigenvalue weighted by Gasteiger charge is 2.51. The van der Waals surface area contributed by atoms with E-state index < -0.39 is 57.0 Å². The van der Waals surface area contributed by atoms with E-state index in [-0.39, 0.29) is 41.8 Å². The molecule has 0 saturated carbocycles. The summed E-state index contributed by atoms with van der Waals surface area (Å²) in [5.74, 6) is 2.10. The highest BCUT2D eigenvalue weighted by atomic mass is 28.4. The molecule has 3 atom stereocenters. The molecule has 55 heavy (non-hydrogen) atoms. The molecule has 0 aliphatic carbocycles. The summed E-state index contributed by atoms with van der Waals surface area (Å²) in [4.78, 5) is 42.1. The van der Waals surface area contributed by atoms with Gasteiger partial charge in [0, 0.05) is 24.8 Å². The van der Waals surface area contributed by atoms with Crippen LogP contribution < -0.4 is 26.7 Å². The zero-order chi connectivity index (χ0) is 39.6. The number of benzene rings is 3. The molecule has 0 bridgehead atoms. The second-order valence-corrected chi connectivity index (χ2v) is 18.0. The number of aromatic nitrogens is 2. The van der Waals surface area contributed by atoms with Gasteiger partial charge in [-0.2, -0.15) is 18.2 Å². The first-order valence-corrected chi connectivity index (χ1v) is 19.6. The number of rotatable bonds is 13. The highest BCUT2D eigenvalue weighted by Crippen LogP contribution is 2.38. The largest absolute Gasteiger partial charge is 0.471 e. The number of nitrogens with one attached hydrogen (secondary N) is 2. The lowest BCUT2D eigenvalue weighted by atomic mass is 10.2. The number of carbonyl (C=O) groups excluding carboxylic acids is 2. The molecule has 1 saturated heterocycles. The van der Waals surface area contributed by atoms with Crippen LogP contribution in [0.2, 0.25) is 5.04 Å². The average molecular weight is 777 g/mol. The molecule has 15 heteroatoms. The second-order valence-electron chi connectivity index (χ2n) is 13.7. The maximum Gasteiger partial charge on any atom is 0.471 e. The molecule has 1 aromatic heterocycles. The van der Waals surface area contributed by atoms with Crippen LogP contribution in [0, 0.1) is 11.8 Å². The van der Waals surface area contributed by atoms with Crippen LogP contribution in [0.4, 0.5) is 19.0 Å². The molecule has 0 spiro atoms. The third-order valence-electron chi connectivity index (χ3n) is 8.98. The zero-order valence-corrected chi connectivity index (χ0v) is 31.9. The van der Waals surface area contributed by atoms with E-state index in [9.17, 15) is 27.6 Å². The average Bonchev–Trinajstić information content (AvgIpc) is 3.57. The van der Waals surface area contributed by atoms with Crippen molar-refractivity contribution in [2.45, 2.75) is 63.8 Å². The van der Waals surface area contributed by atoms with E-state index in [0.29, 0.717) is 6.61 Å². The summed E-state index contributed by atoms with van der Waals surface area (Å²) < 4.78 is 64.7. The molecular weight excluding hydrogens is 734 g/mol. The number of nitrogens with zero attached hydrogens (tertiary/aromatic N) is 2. The monoisotopic (exact) mass is 776 g/mol. The first kappa shape index (κ1) is 41.1. The number of halogens is 3. The van der Waals surface area contributed by atoms with Crippen LogP contribution in [0.25, 0.3) is 0 Å². The topological polar surface area (TPSA) is 130 Å². The van der Waals surface area contributed by atoms with Crippen LogP contribution in [0.15, 0.2) is 102 Å². The molecule has 11 nitrogen and oxygen atoms in total. The summed E-state index contributed by atoms with van der Waals surface area (Å²) in [5.41, 5.74) is -0.532. The molecule has 0 radical (unpaired) electrons. The number of carbonyl (C=O) groups is 2. The fourth-order valence-electron chi connectivity index (χ4n) is 6.38. The van der Waals surface area contributed by atoms with Gasteiger partial charge < -0.3 is 29.3 Å². The Morgan fingerprint density at radius 2 is 1.56 bits per heavy atom. The minimum absolute atomic E-state index is 0.00691. The number of alkyl halides is 3. The maximum atomic E-state index is 13.6. The van der Waals surface area contributed by atoms with Gasteiger partial charge in [0.15, 0.2) is 5.82 Å². The minimum Gasteiger partial charge on any atom is -0.405 e. The summed E-state index contributed by atoms with van der Waals surface area (Å²) in [6, 6.07) is 28.3. The Hall–Kier alpha value is -5.11. The minimum atomic E-state index is -5.09. The SMILES string of the molecule is CCOCOC1C[C@H](n2cc(C#CCNC(=O)C(F)(F)F)c(NC(=O)c3ccccc3)nc2=O)O[C@@H]1CO[Si](c1ccccc1)(c1ccccc1)C(C)(C)C. The summed E-state index contributed by atoms with van der Waals surface area (Å²) >= 11 is 0. The van der Waals surface area contributed by atoms with Crippen LogP contribution in [-0.4, -0.2) is 74.6 Å². The fourth-order valence-corrected chi connectivity index (χ4v) is 10.9. The predicted molar refractivity (Wildman–Crippen MR) is 202 cm³/mol. The van der Waals surface area contributed by atoms with E-state index in [0.717, 1.165) is 10.4 Å². The Morgan fingerprint density at radius 1 is 0.964 bits per heavy atom. The van der Waals surface area contributed by atoms with Gasteiger partial charge in [-0.25, -0.2) is 4.79 Å². The third-order valence-corrected chi connectivity index (χ3v) is 14.0. The number of hydrogen-bond donors (Lipinski definition) is 2. The molecule has 1 aliphatic heterocycles. The van der Waals surface area contributed by atoms with Crippen molar-refractivity contribution in [3.05, 3.63) is 119 Å². The Balaban J connectivity index is 1.48. The number of hydrogen-bond acceptors (Lipinski definition) is 8. The van der Waals surface area contributed by atoms with Gasteiger partial charge in [0.25, 0.3) is 14.2 Å². The quantitative estimate of drug-likeness (QED) is 0.0861. The fraction of sp³-hybridized carbons (Fsp3) is 0.350. The second kappa shape index (κ2) is 18.0. The molecule has 2 amide bonds. The highest BCUT2D eigenvalue weighted by molar-refractivity contribution is 6.99. The van der Waals surface area contributed by atoms with E-state index in [1.807, 2.05) is 43.3 Å². The van der Waals surface area contributed by atoms with Crippen molar-refractivity contribution in [3.63, 3.8) is 0 Å². The van der Waals surface area contributed by atoms with Gasteiger partial charge >= 0.3 is 17.8 Å². The number of anilines is 1. The Labute approximate surface area is 318 Å². The van der Waals surface area contributed by atoms with Crippen molar-refractivity contribution >= 4 is 36.3 Å². The molecule has 1 unspecified atom stereocenters. The molecule has 2 heterocycles. The van der Waals surface area contributed by atoms with Crippen molar-refractivity contribution in [3.8, 4) is 11.8 Å². The summed E-state index contributed by atoms with van der Waals surface area (Å²) in [6.45, 7) is 8.10. The van der Waals surface area contributed by atoms with Gasteiger partial charge in [-0.3, -0.25) is 14.2 Å². The molecule has 5 rings (SSSR count). The first-order valence-electron chi connectivity index (χ1n) is 17.7. The van der Waals surface area contributed by atoms with Gasteiger partial charge in [-0.15, -0.1) is 0 Å². The Kier molecular flexibility index (Phi) is 13.4.